The van der Waals surface area contributed by atoms with Crippen molar-refractivity contribution in [1.29, 1.82) is 0 Å². The molecule has 2 atom stereocenters. The maximum atomic E-state index is 14.7. The monoisotopic (exact) mass is 743 g/mol. The van der Waals surface area contributed by atoms with Gasteiger partial charge in [-0.2, -0.15) is 0 Å². The first-order valence-electron chi connectivity index (χ1n) is 16.5. The lowest BCUT2D eigenvalue weighted by molar-refractivity contribution is -0.140. The van der Waals surface area contributed by atoms with Gasteiger partial charge in [0.15, 0.2) is 0 Å². The molecule has 0 aliphatic carbocycles. The predicted octanol–water partition coefficient (Wildman–Crippen LogP) is 8.54. The molecule has 5 aromatic carbocycles. The number of sulfonamides is 1. The Hall–Kier alpha value is -4.83. The van der Waals surface area contributed by atoms with Crippen LogP contribution in [0.15, 0.2) is 138 Å². The first-order valence-corrected chi connectivity index (χ1v) is 18.7. The summed E-state index contributed by atoms with van der Waals surface area (Å²) in [4.78, 5) is 30.2. The van der Waals surface area contributed by atoms with E-state index in [4.69, 9.17) is 27.9 Å². The van der Waals surface area contributed by atoms with Crippen molar-refractivity contribution < 1.29 is 22.7 Å². The van der Waals surface area contributed by atoms with Gasteiger partial charge in [-0.05, 0) is 85.1 Å². The van der Waals surface area contributed by atoms with E-state index in [0.717, 1.165) is 9.87 Å². The molecule has 11 heteroatoms. The Kier molecular flexibility index (Phi) is 12.8. The van der Waals surface area contributed by atoms with Gasteiger partial charge in [0, 0.05) is 29.1 Å². The van der Waals surface area contributed by atoms with E-state index < -0.39 is 28.5 Å². The minimum atomic E-state index is -4.27. The van der Waals surface area contributed by atoms with Crippen LogP contribution in [-0.4, -0.2) is 43.8 Å². The highest BCUT2D eigenvalue weighted by Crippen LogP contribution is 2.30. The fourth-order valence-corrected chi connectivity index (χ4v) is 7.29. The van der Waals surface area contributed by atoms with Crippen LogP contribution in [0.1, 0.15) is 31.4 Å². The van der Waals surface area contributed by atoms with Crippen molar-refractivity contribution in [2.24, 2.45) is 0 Å². The van der Waals surface area contributed by atoms with Gasteiger partial charge in [-0.1, -0.05) is 103 Å². The molecule has 0 fully saturated rings. The second kappa shape index (κ2) is 17.4. The van der Waals surface area contributed by atoms with Gasteiger partial charge >= 0.3 is 0 Å². The molecule has 0 aromatic heterocycles. The zero-order valence-corrected chi connectivity index (χ0v) is 30.6. The number of amides is 2. The van der Waals surface area contributed by atoms with E-state index in [-0.39, 0.29) is 35.5 Å². The number of nitrogens with one attached hydrogen (secondary N) is 1. The summed E-state index contributed by atoms with van der Waals surface area (Å²) < 4.78 is 35.6. The predicted molar refractivity (Wildman–Crippen MR) is 203 cm³/mol. The smallest absolute Gasteiger partial charge is 0.264 e. The van der Waals surface area contributed by atoms with Gasteiger partial charge in [-0.3, -0.25) is 13.9 Å². The van der Waals surface area contributed by atoms with E-state index in [1.54, 1.807) is 60.7 Å². The summed E-state index contributed by atoms with van der Waals surface area (Å²) in [7, 11) is -4.27. The zero-order valence-electron chi connectivity index (χ0n) is 28.3. The lowest BCUT2D eigenvalue weighted by Crippen LogP contribution is -2.54. The molecule has 8 nitrogen and oxygen atoms in total. The SMILES string of the molecule is CC[C@H](C)NC(=O)[C@H](Cc1ccccc1)N(Cc1ccc(Cl)cc1Cl)C(=O)CN(c1ccc(Oc2ccccc2)cc1)S(=O)(=O)c1ccccc1. The molecular weight excluding hydrogens is 705 g/mol. The van der Waals surface area contributed by atoms with Crippen molar-refractivity contribution >= 4 is 50.7 Å². The van der Waals surface area contributed by atoms with Crippen molar-refractivity contribution in [3.63, 3.8) is 0 Å². The van der Waals surface area contributed by atoms with Gasteiger partial charge in [0.2, 0.25) is 11.8 Å². The van der Waals surface area contributed by atoms with Crippen LogP contribution < -0.4 is 14.4 Å². The van der Waals surface area contributed by atoms with Crippen LogP contribution in [0.3, 0.4) is 0 Å². The third-order valence-electron chi connectivity index (χ3n) is 8.34. The van der Waals surface area contributed by atoms with Crippen molar-refractivity contribution in [2.45, 2.75) is 50.2 Å². The number of anilines is 1. The molecule has 0 spiro atoms. The second-order valence-corrected chi connectivity index (χ2v) is 14.7. The van der Waals surface area contributed by atoms with Gasteiger partial charge in [-0.15, -0.1) is 0 Å². The molecule has 0 radical (unpaired) electrons. The number of hydrogen-bond donors (Lipinski definition) is 1. The summed E-state index contributed by atoms with van der Waals surface area (Å²) in [6, 6.07) is 36.6. The van der Waals surface area contributed by atoms with E-state index >= 15 is 0 Å². The van der Waals surface area contributed by atoms with Crippen LogP contribution in [0.4, 0.5) is 5.69 Å². The summed E-state index contributed by atoms with van der Waals surface area (Å²) >= 11 is 12.8. The topological polar surface area (TPSA) is 96.0 Å². The Labute approximate surface area is 309 Å². The number of rotatable bonds is 15. The molecule has 0 unspecified atom stereocenters. The molecule has 2 amide bonds. The Bertz CT molecular complexity index is 2020. The van der Waals surface area contributed by atoms with E-state index in [1.807, 2.05) is 74.5 Å². The van der Waals surface area contributed by atoms with Gasteiger partial charge in [-0.25, -0.2) is 8.42 Å². The molecule has 0 aliphatic heterocycles. The molecule has 0 bridgehead atoms. The van der Waals surface area contributed by atoms with Gasteiger partial charge < -0.3 is 15.0 Å². The molecule has 1 N–H and O–H groups in total. The Balaban J connectivity index is 1.57. The minimum Gasteiger partial charge on any atom is -0.457 e. The van der Waals surface area contributed by atoms with Crippen LogP contribution in [-0.2, 0) is 32.6 Å². The lowest BCUT2D eigenvalue weighted by Gasteiger charge is -2.34. The average molecular weight is 745 g/mol. The maximum Gasteiger partial charge on any atom is 0.264 e. The highest BCUT2D eigenvalue weighted by atomic mass is 35.5. The number of ether oxygens (including phenoxy) is 1. The highest BCUT2D eigenvalue weighted by molar-refractivity contribution is 7.92. The van der Waals surface area contributed by atoms with E-state index in [9.17, 15) is 18.0 Å². The number of halogens is 2. The summed E-state index contributed by atoms with van der Waals surface area (Å²) in [6.45, 7) is 3.15. The molecule has 0 saturated carbocycles. The molecule has 264 valence electrons. The number of hydrogen-bond acceptors (Lipinski definition) is 5. The number of para-hydroxylation sites is 1. The first-order chi connectivity index (χ1) is 24.5. The molecule has 5 aromatic rings. The quantitative estimate of drug-likeness (QED) is 0.116. The Morgan fingerprint density at radius 1 is 0.784 bits per heavy atom. The lowest BCUT2D eigenvalue weighted by atomic mass is 10.0. The highest BCUT2D eigenvalue weighted by Gasteiger charge is 2.35. The second-order valence-electron chi connectivity index (χ2n) is 12.0. The van der Waals surface area contributed by atoms with Crippen molar-refractivity contribution in [2.75, 3.05) is 10.8 Å². The van der Waals surface area contributed by atoms with E-state index in [0.29, 0.717) is 33.5 Å². The average Bonchev–Trinajstić information content (AvgIpc) is 3.14. The van der Waals surface area contributed by atoms with Crippen LogP contribution in [0, 0.1) is 0 Å². The third kappa shape index (κ3) is 9.91. The molecule has 5 rings (SSSR count). The molecule has 0 saturated heterocycles. The summed E-state index contributed by atoms with van der Waals surface area (Å²) in [5.74, 6) is 0.125. The fraction of sp³-hybridized carbons (Fsp3) is 0.200. The van der Waals surface area contributed by atoms with Crippen LogP contribution in [0.25, 0.3) is 0 Å². The number of benzene rings is 5. The Morgan fingerprint density at radius 3 is 1.98 bits per heavy atom. The minimum absolute atomic E-state index is 0.00468. The Morgan fingerprint density at radius 2 is 1.37 bits per heavy atom. The van der Waals surface area contributed by atoms with Crippen LogP contribution in [0.2, 0.25) is 10.0 Å². The van der Waals surface area contributed by atoms with E-state index in [2.05, 4.69) is 5.32 Å². The zero-order chi connectivity index (χ0) is 36.4. The molecule has 51 heavy (non-hydrogen) atoms. The summed E-state index contributed by atoms with van der Waals surface area (Å²) in [6.07, 6.45) is 0.852. The van der Waals surface area contributed by atoms with Gasteiger partial charge in [0.1, 0.15) is 24.1 Å². The third-order valence-corrected chi connectivity index (χ3v) is 10.7. The van der Waals surface area contributed by atoms with Gasteiger partial charge in [0.05, 0.1) is 10.6 Å². The normalized spacial score (nSPS) is 12.4. The van der Waals surface area contributed by atoms with E-state index in [1.165, 1.54) is 17.0 Å². The molecule has 0 aliphatic rings. The summed E-state index contributed by atoms with van der Waals surface area (Å²) in [5, 5.41) is 3.75. The van der Waals surface area contributed by atoms with Crippen LogP contribution in [0.5, 0.6) is 11.5 Å². The summed E-state index contributed by atoms with van der Waals surface area (Å²) in [5.41, 5.74) is 1.61. The van der Waals surface area contributed by atoms with Crippen molar-refractivity contribution in [3.8, 4) is 11.5 Å². The largest absolute Gasteiger partial charge is 0.457 e. The van der Waals surface area contributed by atoms with Crippen molar-refractivity contribution in [1.82, 2.24) is 10.2 Å². The standard InChI is InChI=1S/C40H39Cl2N3O5S/c1-3-29(2)43-40(47)38(25-30-13-7-4-8-14-30)44(27-31-19-20-32(41)26-37(31)42)39(46)28-45(51(48,49)36-17-11-6-12-18-36)33-21-23-35(24-22-33)50-34-15-9-5-10-16-34/h4-24,26,29,38H,3,25,27-28H2,1-2H3,(H,43,47)/t29-,38-/m0/s1. The number of carbonyl (C=O) groups excluding carboxylic acids is 2. The van der Waals surface area contributed by atoms with Gasteiger partial charge in [0.25, 0.3) is 10.0 Å². The first kappa shape index (κ1) is 37.4. The van der Waals surface area contributed by atoms with Crippen molar-refractivity contribution in [3.05, 3.63) is 155 Å². The molecule has 0 heterocycles. The van der Waals surface area contributed by atoms with Crippen LogP contribution >= 0.6 is 23.2 Å². The maximum absolute atomic E-state index is 14.7. The fourth-order valence-electron chi connectivity index (χ4n) is 5.38. The molecular formula is C40H39Cl2N3O5S. The number of nitrogens with zero attached hydrogens (tertiary/aromatic N) is 2. The number of carbonyl (C=O) groups is 2.